The zero-order chi connectivity index (χ0) is 8.06. The lowest BCUT2D eigenvalue weighted by molar-refractivity contribution is -0.155. The van der Waals surface area contributed by atoms with Crippen LogP contribution in [-0.2, 0) is 9.53 Å². The van der Waals surface area contributed by atoms with E-state index >= 15 is 0 Å². The van der Waals surface area contributed by atoms with Gasteiger partial charge in [0.05, 0.1) is 5.57 Å². The summed E-state index contributed by atoms with van der Waals surface area (Å²) in [6.07, 6.45) is 2.59. The molecule has 0 aromatic carbocycles. The molecule has 1 fully saturated rings. The van der Waals surface area contributed by atoms with Crippen LogP contribution in [0, 0.1) is 0 Å². The van der Waals surface area contributed by atoms with E-state index in [2.05, 4.69) is 0 Å². The van der Waals surface area contributed by atoms with E-state index in [-0.39, 0.29) is 11.7 Å². The second-order valence-corrected chi connectivity index (χ2v) is 3.21. The number of carbonyl (C=O) groups is 1. The van der Waals surface area contributed by atoms with Crippen molar-refractivity contribution in [3.8, 4) is 0 Å². The first kappa shape index (κ1) is 6.70. The number of esters is 1. The highest BCUT2D eigenvalue weighted by Crippen LogP contribution is 2.45. The van der Waals surface area contributed by atoms with Crippen LogP contribution in [0.2, 0.25) is 0 Å². The summed E-state index contributed by atoms with van der Waals surface area (Å²) >= 11 is 0. The van der Waals surface area contributed by atoms with Gasteiger partial charge in [-0.1, -0.05) is 0 Å². The van der Waals surface area contributed by atoms with Crippen molar-refractivity contribution in [2.24, 2.45) is 0 Å². The van der Waals surface area contributed by atoms with Crippen LogP contribution in [0.25, 0.3) is 0 Å². The highest BCUT2D eigenvalue weighted by atomic mass is 16.6. The number of rotatable bonds is 0. The molecule has 1 N–H and O–H groups in total. The van der Waals surface area contributed by atoms with Gasteiger partial charge in [0.15, 0.2) is 5.60 Å². The number of aliphatic hydroxyl groups is 1. The van der Waals surface area contributed by atoms with Gasteiger partial charge in [-0.15, -0.1) is 0 Å². The van der Waals surface area contributed by atoms with Gasteiger partial charge in [-0.3, -0.25) is 0 Å². The maximum absolute atomic E-state index is 11.0. The predicted octanol–water partition coefficient (Wildman–Crippen LogP) is 1.30. The highest BCUT2D eigenvalue weighted by molar-refractivity contribution is 5.91. The summed E-state index contributed by atoms with van der Waals surface area (Å²) in [7, 11) is 0. The molecular formula is C8H10O3. The minimum atomic E-state index is -0.596. The molecule has 0 aromatic rings. The van der Waals surface area contributed by atoms with Gasteiger partial charge < -0.3 is 9.84 Å². The van der Waals surface area contributed by atoms with Crippen LogP contribution in [0.15, 0.2) is 11.3 Å². The molecule has 3 heteroatoms. The summed E-state index contributed by atoms with van der Waals surface area (Å²) in [5.41, 5.74) is -0.217. The molecule has 1 heterocycles. The molecule has 0 amide bonds. The first-order valence-electron chi connectivity index (χ1n) is 3.79. The molecule has 3 nitrogen and oxygen atoms in total. The SMILES string of the molecule is CC1=C(O)C2(CCC2)OC1=O. The quantitative estimate of drug-likeness (QED) is 0.535. The van der Waals surface area contributed by atoms with Crippen LogP contribution >= 0.6 is 0 Å². The van der Waals surface area contributed by atoms with Crippen molar-refractivity contribution in [2.75, 3.05) is 0 Å². The fourth-order valence-electron chi connectivity index (χ4n) is 1.58. The second-order valence-electron chi connectivity index (χ2n) is 3.21. The third kappa shape index (κ3) is 0.654. The van der Waals surface area contributed by atoms with Crippen molar-refractivity contribution in [3.63, 3.8) is 0 Å². The molecule has 0 bridgehead atoms. The topological polar surface area (TPSA) is 46.5 Å². The smallest absolute Gasteiger partial charge is 0.338 e. The number of hydrogen-bond donors (Lipinski definition) is 1. The normalized spacial score (nSPS) is 27.2. The fraction of sp³-hybridized carbons (Fsp3) is 0.625. The molecule has 0 aromatic heterocycles. The van der Waals surface area contributed by atoms with Crippen LogP contribution < -0.4 is 0 Å². The van der Waals surface area contributed by atoms with E-state index in [9.17, 15) is 9.90 Å². The lowest BCUT2D eigenvalue weighted by Gasteiger charge is -2.36. The van der Waals surface area contributed by atoms with Crippen LogP contribution in [-0.4, -0.2) is 16.7 Å². The molecule has 11 heavy (non-hydrogen) atoms. The number of carbonyl (C=O) groups excluding carboxylic acids is 1. The van der Waals surface area contributed by atoms with E-state index in [1.165, 1.54) is 0 Å². The molecular weight excluding hydrogens is 144 g/mol. The van der Waals surface area contributed by atoms with Gasteiger partial charge in [-0.25, -0.2) is 4.79 Å². The summed E-state index contributed by atoms with van der Waals surface area (Å²) in [5.74, 6) is -0.198. The third-order valence-electron chi connectivity index (χ3n) is 2.54. The summed E-state index contributed by atoms with van der Waals surface area (Å²) in [5, 5.41) is 9.47. The predicted molar refractivity (Wildman–Crippen MR) is 38.0 cm³/mol. The van der Waals surface area contributed by atoms with Crippen molar-refractivity contribution in [2.45, 2.75) is 31.8 Å². The maximum Gasteiger partial charge on any atom is 0.338 e. The molecule has 2 aliphatic rings. The molecule has 0 saturated heterocycles. The first-order valence-corrected chi connectivity index (χ1v) is 3.79. The minimum Gasteiger partial charge on any atom is -0.507 e. The van der Waals surface area contributed by atoms with Crippen molar-refractivity contribution in [1.82, 2.24) is 0 Å². The van der Waals surface area contributed by atoms with Crippen LogP contribution in [0.3, 0.4) is 0 Å². The number of ether oxygens (including phenoxy) is 1. The van der Waals surface area contributed by atoms with Gasteiger partial charge in [-0.2, -0.15) is 0 Å². The number of aliphatic hydroxyl groups excluding tert-OH is 1. The van der Waals surface area contributed by atoms with Crippen molar-refractivity contribution >= 4 is 5.97 Å². The summed E-state index contributed by atoms with van der Waals surface area (Å²) < 4.78 is 5.05. The molecule has 60 valence electrons. The zero-order valence-corrected chi connectivity index (χ0v) is 6.39. The third-order valence-corrected chi connectivity index (χ3v) is 2.54. The van der Waals surface area contributed by atoms with E-state index in [1.807, 2.05) is 0 Å². The number of hydrogen-bond acceptors (Lipinski definition) is 3. The monoisotopic (exact) mass is 154 g/mol. The Bertz CT molecular complexity index is 248. The van der Waals surface area contributed by atoms with Gasteiger partial charge in [0.1, 0.15) is 5.76 Å². The Hall–Kier alpha value is -0.990. The maximum atomic E-state index is 11.0. The molecule has 0 radical (unpaired) electrons. The Morgan fingerprint density at radius 2 is 2.18 bits per heavy atom. The average Bonchev–Trinajstić information content (AvgIpc) is 2.12. The second kappa shape index (κ2) is 1.78. The Morgan fingerprint density at radius 3 is 2.36 bits per heavy atom. The Kier molecular flexibility index (Phi) is 1.09. The van der Waals surface area contributed by atoms with Crippen molar-refractivity contribution < 1.29 is 14.6 Å². The van der Waals surface area contributed by atoms with Crippen LogP contribution in [0.1, 0.15) is 26.2 Å². The zero-order valence-electron chi connectivity index (χ0n) is 6.39. The Labute approximate surface area is 64.7 Å². The van der Waals surface area contributed by atoms with E-state index < -0.39 is 5.60 Å². The highest BCUT2D eigenvalue weighted by Gasteiger charge is 2.51. The average molecular weight is 154 g/mol. The van der Waals surface area contributed by atoms with Crippen LogP contribution in [0.5, 0.6) is 0 Å². The standard InChI is InChI=1S/C8H10O3/c1-5-6(9)8(3-2-4-8)11-7(5)10/h9H,2-4H2,1H3. The van der Waals surface area contributed by atoms with E-state index in [1.54, 1.807) is 6.92 Å². The van der Waals surface area contributed by atoms with E-state index in [0.29, 0.717) is 5.57 Å². The fourth-order valence-corrected chi connectivity index (χ4v) is 1.58. The van der Waals surface area contributed by atoms with Crippen molar-refractivity contribution in [3.05, 3.63) is 11.3 Å². The molecule has 2 rings (SSSR count). The van der Waals surface area contributed by atoms with E-state index in [4.69, 9.17) is 4.74 Å². The summed E-state index contributed by atoms with van der Waals surface area (Å²) in [6, 6.07) is 0. The molecule has 0 unspecified atom stereocenters. The molecule has 1 aliphatic carbocycles. The van der Waals surface area contributed by atoms with Gasteiger partial charge >= 0.3 is 5.97 Å². The summed E-state index contributed by atoms with van der Waals surface area (Å²) in [6.45, 7) is 1.60. The van der Waals surface area contributed by atoms with Crippen molar-refractivity contribution in [1.29, 1.82) is 0 Å². The lowest BCUT2D eigenvalue weighted by Crippen LogP contribution is -2.39. The minimum absolute atomic E-state index is 0.161. The van der Waals surface area contributed by atoms with Gasteiger partial charge in [0.2, 0.25) is 0 Å². The van der Waals surface area contributed by atoms with Gasteiger partial charge in [0.25, 0.3) is 0 Å². The molecule has 1 saturated carbocycles. The first-order chi connectivity index (χ1) is 5.16. The van der Waals surface area contributed by atoms with Gasteiger partial charge in [0, 0.05) is 0 Å². The molecule has 0 atom stereocenters. The summed E-state index contributed by atoms with van der Waals surface area (Å²) in [4.78, 5) is 11.0. The Morgan fingerprint density at radius 1 is 1.55 bits per heavy atom. The Balaban J connectivity index is 2.36. The molecule has 1 spiro atoms. The molecule has 1 aliphatic heterocycles. The van der Waals surface area contributed by atoms with Crippen LogP contribution in [0.4, 0.5) is 0 Å². The largest absolute Gasteiger partial charge is 0.507 e. The lowest BCUT2D eigenvalue weighted by atomic mass is 9.78. The van der Waals surface area contributed by atoms with Gasteiger partial charge in [-0.05, 0) is 26.2 Å². The van der Waals surface area contributed by atoms with E-state index in [0.717, 1.165) is 19.3 Å².